The van der Waals surface area contributed by atoms with Crippen LogP contribution < -0.4 is 10.2 Å². The largest absolute Gasteiger partial charge is 0.359 e. The summed E-state index contributed by atoms with van der Waals surface area (Å²) in [6.45, 7) is 0.882. The van der Waals surface area contributed by atoms with E-state index in [9.17, 15) is 9.59 Å². The van der Waals surface area contributed by atoms with Gasteiger partial charge in [-0.15, -0.1) is 11.3 Å². The van der Waals surface area contributed by atoms with Gasteiger partial charge in [0.05, 0.1) is 4.88 Å². The van der Waals surface area contributed by atoms with E-state index in [0.717, 1.165) is 31.4 Å². The van der Waals surface area contributed by atoms with Gasteiger partial charge in [-0.05, 0) is 18.9 Å². The van der Waals surface area contributed by atoms with E-state index in [4.69, 9.17) is 0 Å². The minimum Gasteiger partial charge on any atom is -0.359 e. The zero-order valence-electron chi connectivity index (χ0n) is 9.10. The maximum absolute atomic E-state index is 11.7. The van der Waals surface area contributed by atoms with Crippen LogP contribution in [0.4, 0.5) is 5.69 Å². The fraction of sp³-hybridized carbons (Fsp3) is 0.455. The summed E-state index contributed by atoms with van der Waals surface area (Å²) in [5.41, 5.74) is 0.984. The van der Waals surface area contributed by atoms with Crippen LogP contribution in [0.2, 0.25) is 0 Å². The molecule has 86 valence electrons. The summed E-state index contributed by atoms with van der Waals surface area (Å²) < 4.78 is 0. The van der Waals surface area contributed by atoms with Crippen LogP contribution in [0.5, 0.6) is 0 Å². The second kappa shape index (κ2) is 4.65. The van der Waals surface area contributed by atoms with Crippen molar-refractivity contribution in [2.24, 2.45) is 0 Å². The number of likely N-dealkylation sites (N-methyl/N-ethyl adjacent to an activating group) is 1. The third kappa shape index (κ3) is 1.95. The summed E-state index contributed by atoms with van der Waals surface area (Å²) in [7, 11) is 1.66. The Morgan fingerprint density at radius 1 is 1.69 bits per heavy atom. The molecular formula is C11H14N2O2S. The first kappa shape index (κ1) is 11.1. The average molecular weight is 238 g/mol. The zero-order valence-corrected chi connectivity index (χ0v) is 9.92. The third-order valence-corrected chi connectivity index (χ3v) is 3.70. The lowest BCUT2D eigenvalue weighted by atomic mass is 10.2. The fourth-order valence-corrected chi connectivity index (χ4v) is 2.77. The first-order valence-corrected chi connectivity index (χ1v) is 6.16. The average Bonchev–Trinajstić information content (AvgIpc) is 2.95. The number of hydrogen-bond donors (Lipinski definition) is 1. The lowest BCUT2D eigenvalue weighted by Crippen LogP contribution is -2.41. The number of hydrogen-bond acceptors (Lipinski definition) is 4. The van der Waals surface area contributed by atoms with E-state index < -0.39 is 0 Å². The van der Waals surface area contributed by atoms with Gasteiger partial charge in [-0.25, -0.2) is 0 Å². The monoisotopic (exact) mass is 238 g/mol. The molecule has 0 saturated carbocycles. The topological polar surface area (TPSA) is 49.4 Å². The number of aldehydes is 1. The third-order valence-electron chi connectivity index (χ3n) is 2.86. The highest BCUT2D eigenvalue weighted by Gasteiger charge is 2.30. The van der Waals surface area contributed by atoms with Crippen LogP contribution in [-0.4, -0.2) is 31.8 Å². The zero-order chi connectivity index (χ0) is 11.5. The van der Waals surface area contributed by atoms with Crippen LogP contribution in [0, 0.1) is 0 Å². The quantitative estimate of drug-likeness (QED) is 0.807. The number of nitrogens with one attached hydrogen (secondary N) is 1. The van der Waals surface area contributed by atoms with Crippen molar-refractivity contribution < 1.29 is 9.59 Å². The molecule has 4 nitrogen and oxygen atoms in total. The van der Waals surface area contributed by atoms with Crippen molar-refractivity contribution in [2.45, 2.75) is 18.9 Å². The normalized spacial score (nSPS) is 19.8. The maximum atomic E-state index is 11.7. The van der Waals surface area contributed by atoms with E-state index in [-0.39, 0.29) is 11.9 Å². The molecule has 1 unspecified atom stereocenters. The maximum Gasteiger partial charge on any atom is 0.242 e. The molecule has 1 aliphatic rings. The van der Waals surface area contributed by atoms with E-state index in [1.807, 2.05) is 11.4 Å². The van der Waals surface area contributed by atoms with Crippen molar-refractivity contribution in [1.82, 2.24) is 5.32 Å². The molecule has 1 saturated heterocycles. The van der Waals surface area contributed by atoms with Crippen molar-refractivity contribution in [3.05, 3.63) is 16.3 Å². The van der Waals surface area contributed by atoms with Crippen molar-refractivity contribution in [3.8, 4) is 0 Å². The van der Waals surface area contributed by atoms with Crippen molar-refractivity contribution >= 4 is 29.2 Å². The molecule has 2 rings (SSSR count). The lowest BCUT2D eigenvalue weighted by Gasteiger charge is -2.23. The van der Waals surface area contributed by atoms with Crippen LogP contribution in [0.1, 0.15) is 22.5 Å². The van der Waals surface area contributed by atoms with E-state index in [0.29, 0.717) is 4.88 Å². The molecule has 1 aliphatic heterocycles. The highest BCUT2D eigenvalue weighted by atomic mass is 32.1. The van der Waals surface area contributed by atoms with Crippen LogP contribution in [0.3, 0.4) is 0 Å². The molecular weight excluding hydrogens is 224 g/mol. The summed E-state index contributed by atoms with van der Waals surface area (Å²) in [4.78, 5) is 25.1. The minimum absolute atomic E-state index is 0.0522. The minimum atomic E-state index is -0.0842. The number of carbonyl (C=O) groups is 2. The lowest BCUT2D eigenvalue weighted by molar-refractivity contribution is -0.121. The van der Waals surface area contributed by atoms with E-state index in [2.05, 4.69) is 10.2 Å². The van der Waals surface area contributed by atoms with E-state index in [1.165, 1.54) is 11.3 Å². The first-order chi connectivity index (χ1) is 7.76. The molecule has 0 bridgehead atoms. The molecule has 0 aliphatic carbocycles. The number of thiophene rings is 1. The predicted octanol–water partition coefficient (Wildman–Crippen LogP) is 1.28. The Hall–Kier alpha value is -1.36. The SMILES string of the molecule is CNC(=O)C1CCCN1c1csc(C=O)c1. The van der Waals surface area contributed by atoms with Gasteiger partial charge in [0.2, 0.25) is 5.91 Å². The van der Waals surface area contributed by atoms with Gasteiger partial charge in [-0.2, -0.15) is 0 Å². The Morgan fingerprint density at radius 3 is 3.12 bits per heavy atom. The fourth-order valence-electron chi connectivity index (χ4n) is 2.07. The number of nitrogens with zero attached hydrogens (tertiary/aromatic N) is 1. The summed E-state index contributed by atoms with van der Waals surface area (Å²) >= 11 is 1.42. The Bertz CT molecular complexity index is 402. The first-order valence-electron chi connectivity index (χ1n) is 5.28. The van der Waals surface area contributed by atoms with Crippen LogP contribution in [0.25, 0.3) is 0 Å². The van der Waals surface area contributed by atoms with Crippen molar-refractivity contribution in [2.75, 3.05) is 18.5 Å². The molecule has 1 aromatic heterocycles. The van der Waals surface area contributed by atoms with Gasteiger partial charge in [-0.3, -0.25) is 9.59 Å². The molecule has 5 heteroatoms. The Balaban J connectivity index is 2.19. The smallest absolute Gasteiger partial charge is 0.242 e. The summed E-state index contributed by atoms with van der Waals surface area (Å²) in [6, 6.07) is 1.76. The Morgan fingerprint density at radius 2 is 2.50 bits per heavy atom. The summed E-state index contributed by atoms with van der Waals surface area (Å²) in [5.74, 6) is 0.0522. The number of amides is 1. The molecule has 16 heavy (non-hydrogen) atoms. The van der Waals surface area contributed by atoms with Crippen molar-refractivity contribution in [1.29, 1.82) is 0 Å². The molecule has 0 aromatic carbocycles. The Kier molecular flexibility index (Phi) is 3.24. The van der Waals surface area contributed by atoms with Gasteiger partial charge in [0.1, 0.15) is 6.04 Å². The predicted molar refractivity (Wildman–Crippen MR) is 64.1 cm³/mol. The van der Waals surface area contributed by atoms with E-state index in [1.54, 1.807) is 7.05 Å². The summed E-state index contributed by atoms with van der Waals surface area (Å²) in [5, 5.41) is 4.62. The standard InChI is InChI=1S/C11H14N2O2S/c1-12-11(15)10-3-2-4-13(10)8-5-9(6-14)16-7-8/h5-7,10H,2-4H2,1H3,(H,12,15). The Labute approximate surface area is 98.3 Å². The second-order valence-corrected chi connectivity index (χ2v) is 4.73. The summed E-state index contributed by atoms with van der Waals surface area (Å²) in [6.07, 6.45) is 2.75. The molecule has 1 fully saturated rings. The van der Waals surface area contributed by atoms with Crippen molar-refractivity contribution in [3.63, 3.8) is 0 Å². The van der Waals surface area contributed by atoms with Crippen LogP contribution in [0.15, 0.2) is 11.4 Å². The van der Waals surface area contributed by atoms with E-state index >= 15 is 0 Å². The molecule has 1 atom stereocenters. The molecule has 1 aromatic rings. The second-order valence-electron chi connectivity index (χ2n) is 3.79. The van der Waals surface area contributed by atoms with Gasteiger partial charge >= 0.3 is 0 Å². The van der Waals surface area contributed by atoms with Crippen LogP contribution >= 0.6 is 11.3 Å². The van der Waals surface area contributed by atoms with Gasteiger partial charge in [0.25, 0.3) is 0 Å². The highest BCUT2D eigenvalue weighted by Crippen LogP contribution is 2.29. The molecule has 0 spiro atoms. The number of carbonyl (C=O) groups excluding carboxylic acids is 2. The van der Waals surface area contributed by atoms with Crippen LogP contribution in [-0.2, 0) is 4.79 Å². The molecule has 0 radical (unpaired) electrons. The van der Waals surface area contributed by atoms with Gasteiger partial charge < -0.3 is 10.2 Å². The number of rotatable bonds is 3. The molecule has 1 N–H and O–H groups in total. The van der Waals surface area contributed by atoms with Gasteiger partial charge in [0.15, 0.2) is 6.29 Å². The number of anilines is 1. The molecule has 2 heterocycles. The highest BCUT2D eigenvalue weighted by molar-refractivity contribution is 7.12. The van der Waals surface area contributed by atoms with Gasteiger partial charge in [-0.1, -0.05) is 0 Å². The van der Waals surface area contributed by atoms with Gasteiger partial charge in [0, 0.05) is 24.7 Å². The molecule has 1 amide bonds.